The first-order valence-electron chi connectivity index (χ1n) is 8.81. The SMILES string of the molecule is O=Cc1ccc2c(c1)OCc1c(-c3onc(-c4ccccc4)c3C(F)(F)F)noc1-2. The van der Waals surface area contributed by atoms with Crippen molar-refractivity contribution >= 4 is 6.29 Å². The Morgan fingerprint density at radius 2 is 1.67 bits per heavy atom. The summed E-state index contributed by atoms with van der Waals surface area (Å²) in [6.07, 6.45) is -4.07. The van der Waals surface area contributed by atoms with Crippen molar-refractivity contribution in [1.29, 1.82) is 0 Å². The maximum atomic E-state index is 14.0. The third-order valence-corrected chi connectivity index (χ3v) is 4.78. The number of benzene rings is 2. The number of hydrogen-bond acceptors (Lipinski definition) is 6. The highest BCUT2D eigenvalue weighted by molar-refractivity contribution is 5.83. The van der Waals surface area contributed by atoms with Crippen LogP contribution in [0.3, 0.4) is 0 Å². The average molecular weight is 412 g/mol. The standard InChI is InChI=1S/C21H11F3N2O4/c22-21(23,24)16-17(12-4-2-1-3-5-12)25-30-20(16)18-14-10-28-15-8-11(9-27)6-7-13(15)19(14)29-26-18/h1-9H,10H2. The van der Waals surface area contributed by atoms with Crippen molar-refractivity contribution in [2.24, 2.45) is 0 Å². The number of aldehydes is 1. The largest absolute Gasteiger partial charge is 0.488 e. The summed E-state index contributed by atoms with van der Waals surface area (Å²) < 4.78 is 58.0. The van der Waals surface area contributed by atoms with Gasteiger partial charge in [0.15, 0.2) is 11.5 Å². The summed E-state index contributed by atoms with van der Waals surface area (Å²) in [6.45, 7) is -0.0951. The Kier molecular flexibility index (Phi) is 3.99. The summed E-state index contributed by atoms with van der Waals surface area (Å²) in [7, 11) is 0. The Morgan fingerprint density at radius 1 is 0.933 bits per heavy atom. The molecule has 0 amide bonds. The van der Waals surface area contributed by atoms with Gasteiger partial charge in [-0.2, -0.15) is 13.2 Å². The molecule has 0 saturated carbocycles. The number of alkyl halides is 3. The van der Waals surface area contributed by atoms with Gasteiger partial charge in [0.1, 0.15) is 29.9 Å². The zero-order valence-electron chi connectivity index (χ0n) is 15.1. The topological polar surface area (TPSA) is 78.4 Å². The lowest BCUT2D eigenvalue weighted by Gasteiger charge is -2.16. The van der Waals surface area contributed by atoms with Crippen LogP contribution >= 0.6 is 0 Å². The fourth-order valence-electron chi connectivity index (χ4n) is 3.41. The minimum Gasteiger partial charge on any atom is -0.488 e. The van der Waals surface area contributed by atoms with E-state index in [0.29, 0.717) is 28.7 Å². The van der Waals surface area contributed by atoms with Crippen LogP contribution in [-0.2, 0) is 12.8 Å². The van der Waals surface area contributed by atoms with Gasteiger partial charge in [0.05, 0.1) is 11.1 Å². The summed E-state index contributed by atoms with van der Waals surface area (Å²) in [5.74, 6) is 0.103. The van der Waals surface area contributed by atoms with E-state index in [0.717, 1.165) is 0 Å². The van der Waals surface area contributed by atoms with Gasteiger partial charge >= 0.3 is 6.18 Å². The molecular weight excluding hydrogens is 401 g/mol. The van der Waals surface area contributed by atoms with E-state index >= 15 is 0 Å². The van der Waals surface area contributed by atoms with E-state index in [9.17, 15) is 18.0 Å². The molecule has 2 aromatic carbocycles. The zero-order valence-corrected chi connectivity index (χ0v) is 15.1. The molecule has 1 aliphatic rings. The molecule has 0 bridgehead atoms. The molecule has 2 aromatic heterocycles. The number of hydrogen-bond donors (Lipinski definition) is 0. The molecule has 0 aliphatic carbocycles. The van der Waals surface area contributed by atoms with Crippen molar-refractivity contribution in [1.82, 2.24) is 10.3 Å². The first-order valence-corrected chi connectivity index (χ1v) is 8.81. The van der Waals surface area contributed by atoms with Crippen LogP contribution in [0.15, 0.2) is 57.6 Å². The van der Waals surface area contributed by atoms with Gasteiger partial charge in [-0.1, -0.05) is 46.7 Å². The molecule has 150 valence electrons. The van der Waals surface area contributed by atoms with Gasteiger partial charge in [0.25, 0.3) is 0 Å². The third kappa shape index (κ3) is 2.78. The molecule has 6 nitrogen and oxygen atoms in total. The second kappa shape index (κ2) is 6.58. The summed E-state index contributed by atoms with van der Waals surface area (Å²) in [5.41, 5.74) is -0.0367. The van der Waals surface area contributed by atoms with Gasteiger partial charge in [-0.25, -0.2) is 0 Å². The monoisotopic (exact) mass is 412 g/mol. The maximum Gasteiger partial charge on any atom is 0.422 e. The van der Waals surface area contributed by atoms with Crippen LogP contribution in [0, 0.1) is 0 Å². The van der Waals surface area contributed by atoms with Gasteiger partial charge in [-0.15, -0.1) is 0 Å². The Bertz CT molecular complexity index is 1260. The minimum atomic E-state index is -4.74. The molecule has 0 fully saturated rings. The van der Waals surface area contributed by atoms with Gasteiger partial charge in [0.2, 0.25) is 5.76 Å². The summed E-state index contributed by atoms with van der Waals surface area (Å²) in [5, 5.41) is 7.50. The summed E-state index contributed by atoms with van der Waals surface area (Å²) in [6, 6.07) is 12.6. The molecule has 3 heterocycles. The maximum absolute atomic E-state index is 14.0. The molecule has 4 aromatic rings. The van der Waals surface area contributed by atoms with Crippen molar-refractivity contribution in [3.05, 3.63) is 65.2 Å². The van der Waals surface area contributed by atoms with Gasteiger partial charge in [-0.3, -0.25) is 4.79 Å². The average Bonchev–Trinajstić information content (AvgIpc) is 3.38. The molecule has 0 radical (unpaired) electrons. The second-order valence-corrected chi connectivity index (χ2v) is 6.60. The van der Waals surface area contributed by atoms with E-state index in [1.807, 2.05) is 0 Å². The Hall–Kier alpha value is -3.88. The third-order valence-electron chi connectivity index (χ3n) is 4.78. The van der Waals surface area contributed by atoms with Crippen molar-refractivity contribution < 1.29 is 31.7 Å². The molecule has 0 N–H and O–H groups in total. The van der Waals surface area contributed by atoms with Crippen LogP contribution in [0.5, 0.6) is 5.75 Å². The molecule has 30 heavy (non-hydrogen) atoms. The number of fused-ring (bicyclic) bond motifs is 3. The van der Waals surface area contributed by atoms with Crippen molar-refractivity contribution in [2.45, 2.75) is 12.8 Å². The fourth-order valence-corrected chi connectivity index (χ4v) is 3.41. The molecule has 9 heteroatoms. The second-order valence-electron chi connectivity index (χ2n) is 6.60. The number of rotatable bonds is 3. The summed E-state index contributed by atoms with van der Waals surface area (Å²) in [4.78, 5) is 11.0. The molecular formula is C21H11F3N2O4. The van der Waals surface area contributed by atoms with Crippen molar-refractivity contribution in [2.75, 3.05) is 0 Å². The quantitative estimate of drug-likeness (QED) is 0.420. The van der Waals surface area contributed by atoms with Crippen molar-refractivity contribution in [3.8, 4) is 39.8 Å². The highest BCUT2D eigenvalue weighted by Crippen LogP contribution is 2.47. The van der Waals surface area contributed by atoms with Gasteiger partial charge in [0, 0.05) is 11.1 Å². The van der Waals surface area contributed by atoms with Crippen LogP contribution in [0.4, 0.5) is 13.2 Å². The van der Waals surface area contributed by atoms with Crippen LogP contribution in [0.2, 0.25) is 0 Å². The predicted octanol–water partition coefficient (Wildman–Crippen LogP) is 5.39. The predicted molar refractivity (Wildman–Crippen MR) is 97.6 cm³/mol. The van der Waals surface area contributed by atoms with E-state index in [1.54, 1.807) is 30.3 Å². The van der Waals surface area contributed by atoms with Crippen LogP contribution in [0.25, 0.3) is 34.0 Å². The fraction of sp³-hybridized carbons (Fsp3) is 0.0952. The smallest absolute Gasteiger partial charge is 0.422 e. The lowest BCUT2D eigenvalue weighted by Crippen LogP contribution is -2.09. The summed E-state index contributed by atoms with van der Waals surface area (Å²) >= 11 is 0. The molecule has 5 rings (SSSR count). The molecule has 0 atom stereocenters. The lowest BCUT2D eigenvalue weighted by molar-refractivity contribution is -0.136. The number of carbonyl (C=O) groups is 1. The van der Waals surface area contributed by atoms with Gasteiger partial charge in [-0.05, 0) is 12.1 Å². The Labute approximate surface area is 166 Å². The number of halogens is 3. The van der Waals surface area contributed by atoms with Crippen molar-refractivity contribution in [3.63, 3.8) is 0 Å². The molecule has 1 aliphatic heterocycles. The normalized spacial score (nSPS) is 12.8. The molecule has 0 spiro atoms. The highest BCUT2D eigenvalue weighted by atomic mass is 19.4. The van der Waals surface area contributed by atoms with Crippen LogP contribution in [0.1, 0.15) is 21.5 Å². The zero-order chi connectivity index (χ0) is 20.9. The highest BCUT2D eigenvalue weighted by Gasteiger charge is 2.43. The number of ether oxygens (including phenoxy) is 1. The van der Waals surface area contributed by atoms with Gasteiger partial charge < -0.3 is 13.8 Å². The lowest BCUT2D eigenvalue weighted by atomic mass is 9.99. The molecule has 0 unspecified atom stereocenters. The first-order chi connectivity index (χ1) is 14.5. The Morgan fingerprint density at radius 3 is 2.40 bits per heavy atom. The minimum absolute atomic E-state index is 0.0951. The van der Waals surface area contributed by atoms with E-state index in [1.165, 1.54) is 18.2 Å². The number of nitrogens with zero attached hydrogens (tertiary/aromatic N) is 2. The van der Waals surface area contributed by atoms with E-state index in [-0.39, 0.29) is 29.3 Å². The van der Waals surface area contributed by atoms with Crippen LogP contribution < -0.4 is 4.74 Å². The van der Waals surface area contributed by atoms with E-state index in [4.69, 9.17) is 13.8 Å². The number of aromatic nitrogens is 2. The Balaban J connectivity index is 1.68. The first kappa shape index (κ1) is 18.2. The van der Waals surface area contributed by atoms with E-state index in [2.05, 4.69) is 10.3 Å². The molecule has 0 saturated heterocycles. The van der Waals surface area contributed by atoms with Crippen LogP contribution in [-0.4, -0.2) is 16.6 Å². The number of carbonyl (C=O) groups excluding carboxylic acids is 1. The van der Waals surface area contributed by atoms with E-state index < -0.39 is 17.5 Å².